The second kappa shape index (κ2) is 4.87. The van der Waals surface area contributed by atoms with E-state index in [1.165, 1.54) is 0 Å². The Morgan fingerprint density at radius 3 is 2.50 bits per heavy atom. The van der Waals surface area contributed by atoms with Crippen LogP contribution in [0.3, 0.4) is 0 Å². The van der Waals surface area contributed by atoms with Crippen molar-refractivity contribution in [1.29, 1.82) is 0 Å². The second-order valence-corrected chi connectivity index (χ2v) is 2.56. The normalized spacial score (nSPS) is 10.2. The van der Waals surface area contributed by atoms with Gasteiger partial charge >= 0.3 is 0 Å². The molecule has 1 rings (SSSR count). The number of nitrogens with two attached hydrogens (primary N) is 1. The molecule has 0 bridgehead atoms. The van der Waals surface area contributed by atoms with E-state index < -0.39 is 0 Å². The zero-order valence-electron chi connectivity index (χ0n) is 7.12. The van der Waals surface area contributed by atoms with Gasteiger partial charge in [0, 0.05) is 7.11 Å². The molecule has 12 heavy (non-hydrogen) atoms. The molecule has 0 amide bonds. The van der Waals surface area contributed by atoms with Gasteiger partial charge in [-0.1, -0.05) is 24.3 Å². The summed E-state index contributed by atoms with van der Waals surface area (Å²) in [7, 11) is 1.67. The minimum absolute atomic E-state index is 0.442. The van der Waals surface area contributed by atoms with E-state index in [1.54, 1.807) is 7.11 Å². The van der Waals surface area contributed by atoms with Crippen molar-refractivity contribution in [2.24, 2.45) is 5.90 Å². The van der Waals surface area contributed by atoms with Crippen LogP contribution in [0.4, 0.5) is 0 Å². The third-order valence-corrected chi connectivity index (χ3v) is 1.55. The first-order valence-electron chi connectivity index (χ1n) is 3.75. The molecule has 2 N–H and O–H groups in total. The van der Waals surface area contributed by atoms with Crippen LogP contribution < -0.4 is 5.90 Å². The van der Waals surface area contributed by atoms with Gasteiger partial charge in [-0.3, -0.25) is 4.84 Å². The van der Waals surface area contributed by atoms with Crippen molar-refractivity contribution in [1.82, 2.24) is 0 Å². The van der Waals surface area contributed by atoms with Crippen LogP contribution in [0.2, 0.25) is 0 Å². The average molecular weight is 167 g/mol. The summed E-state index contributed by atoms with van der Waals surface area (Å²) in [5.74, 6) is 4.95. The Bertz CT molecular complexity index is 216. The predicted molar refractivity (Wildman–Crippen MR) is 46.1 cm³/mol. The van der Waals surface area contributed by atoms with Crippen LogP contribution in [0.1, 0.15) is 11.1 Å². The standard InChI is InChI=1S/C9H13NO2/c1-11-6-8-3-2-4-9(5-8)7-12-10/h2-5H,6-7,10H2,1H3. The van der Waals surface area contributed by atoms with E-state index in [9.17, 15) is 0 Å². The molecule has 1 aromatic rings. The van der Waals surface area contributed by atoms with E-state index >= 15 is 0 Å². The second-order valence-electron chi connectivity index (χ2n) is 2.56. The van der Waals surface area contributed by atoms with Crippen LogP contribution in [0, 0.1) is 0 Å². The third kappa shape index (κ3) is 2.62. The molecule has 0 spiro atoms. The quantitative estimate of drug-likeness (QED) is 0.686. The highest BCUT2D eigenvalue weighted by atomic mass is 16.6. The number of methoxy groups -OCH3 is 1. The van der Waals surface area contributed by atoms with Gasteiger partial charge in [-0.2, -0.15) is 0 Å². The molecule has 0 aliphatic carbocycles. The van der Waals surface area contributed by atoms with Gasteiger partial charge in [0.05, 0.1) is 13.2 Å². The average Bonchev–Trinajstić information content (AvgIpc) is 2.06. The fraction of sp³-hybridized carbons (Fsp3) is 0.333. The lowest BCUT2D eigenvalue weighted by molar-refractivity contribution is 0.124. The molecule has 0 fully saturated rings. The maximum atomic E-state index is 4.99. The fourth-order valence-electron chi connectivity index (χ4n) is 1.07. The summed E-state index contributed by atoms with van der Waals surface area (Å²) in [6.45, 7) is 1.07. The number of benzene rings is 1. The largest absolute Gasteiger partial charge is 0.380 e. The van der Waals surface area contributed by atoms with Crippen molar-refractivity contribution in [3.63, 3.8) is 0 Å². The van der Waals surface area contributed by atoms with Crippen LogP contribution in [-0.4, -0.2) is 7.11 Å². The Labute approximate surface area is 72.0 Å². The monoisotopic (exact) mass is 167 g/mol. The number of ether oxygens (including phenoxy) is 1. The molecule has 0 atom stereocenters. The summed E-state index contributed by atoms with van der Waals surface area (Å²) in [5.41, 5.74) is 2.19. The SMILES string of the molecule is COCc1cccc(CON)c1. The van der Waals surface area contributed by atoms with Gasteiger partial charge in [0.2, 0.25) is 0 Å². The summed E-state index contributed by atoms with van der Waals surface area (Å²) in [5, 5.41) is 0. The predicted octanol–water partition coefficient (Wildman–Crippen LogP) is 1.22. The zero-order valence-corrected chi connectivity index (χ0v) is 7.12. The first-order valence-corrected chi connectivity index (χ1v) is 3.75. The first-order chi connectivity index (χ1) is 5.86. The maximum absolute atomic E-state index is 4.99. The minimum atomic E-state index is 0.442. The molecule has 0 aliphatic rings. The zero-order chi connectivity index (χ0) is 8.81. The highest BCUT2D eigenvalue weighted by Gasteiger charge is 1.94. The van der Waals surface area contributed by atoms with E-state index in [2.05, 4.69) is 4.84 Å². The molecule has 0 radical (unpaired) electrons. The molecule has 1 aromatic carbocycles. The topological polar surface area (TPSA) is 44.5 Å². The van der Waals surface area contributed by atoms with Crippen molar-refractivity contribution in [2.75, 3.05) is 7.11 Å². The van der Waals surface area contributed by atoms with E-state index in [4.69, 9.17) is 10.6 Å². The summed E-state index contributed by atoms with van der Waals surface area (Å²) >= 11 is 0. The van der Waals surface area contributed by atoms with E-state index in [0.29, 0.717) is 13.2 Å². The van der Waals surface area contributed by atoms with Crippen molar-refractivity contribution in [3.8, 4) is 0 Å². The Morgan fingerprint density at radius 2 is 1.92 bits per heavy atom. The molecular weight excluding hydrogens is 154 g/mol. The fourth-order valence-corrected chi connectivity index (χ4v) is 1.07. The summed E-state index contributed by atoms with van der Waals surface area (Å²) < 4.78 is 4.99. The first kappa shape index (κ1) is 9.19. The maximum Gasteiger partial charge on any atom is 0.0930 e. The van der Waals surface area contributed by atoms with E-state index in [1.807, 2.05) is 24.3 Å². The summed E-state index contributed by atoms with van der Waals surface area (Å²) in [6.07, 6.45) is 0. The third-order valence-electron chi connectivity index (χ3n) is 1.55. The molecule has 3 heteroatoms. The molecule has 0 aromatic heterocycles. The van der Waals surface area contributed by atoms with Crippen LogP contribution in [0.5, 0.6) is 0 Å². The van der Waals surface area contributed by atoms with Gasteiger partial charge in [0.25, 0.3) is 0 Å². The lowest BCUT2D eigenvalue weighted by Crippen LogP contribution is -1.99. The van der Waals surface area contributed by atoms with Crippen LogP contribution in [0.15, 0.2) is 24.3 Å². The minimum Gasteiger partial charge on any atom is -0.380 e. The molecule has 0 heterocycles. The molecule has 0 saturated heterocycles. The molecule has 0 saturated carbocycles. The van der Waals surface area contributed by atoms with E-state index in [0.717, 1.165) is 11.1 Å². The lowest BCUT2D eigenvalue weighted by Gasteiger charge is -2.02. The Kier molecular flexibility index (Phi) is 3.73. The van der Waals surface area contributed by atoms with Gasteiger partial charge in [-0.05, 0) is 11.1 Å². The van der Waals surface area contributed by atoms with Gasteiger partial charge in [-0.15, -0.1) is 0 Å². The summed E-state index contributed by atoms with van der Waals surface area (Å²) in [4.78, 5) is 4.52. The van der Waals surface area contributed by atoms with Crippen molar-refractivity contribution in [3.05, 3.63) is 35.4 Å². The van der Waals surface area contributed by atoms with Crippen molar-refractivity contribution < 1.29 is 9.57 Å². The number of hydrogen-bond donors (Lipinski definition) is 1. The molecular formula is C9H13NO2. The van der Waals surface area contributed by atoms with Gasteiger partial charge in [0.15, 0.2) is 0 Å². The van der Waals surface area contributed by atoms with Crippen molar-refractivity contribution >= 4 is 0 Å². The summed E-state index contributed by atoms with van der Waals surface area (Å²) in [6, 6.07) is 7.94. The van der Waals surface area contributed by atoms with Gasteiger partial charge < -0.3 is 4.74 Å². The number of hydrogen-bond acceptors (Lipinski definition) is 3. The lowest BCUT2D eigenvalue weighted by atomic mass is 10.1. The van der Waals surface area contributed by atoms with Gasteiger partial charge in [0.1, 0.15) is 0 Å². The van der Waals surface area contributed by atoms with E-state index in [-0.39, 0.29) is 0 Å². The Hall–Kier alpha value is -0.900. The van der Waals surface area contributed by atoms with Crippen LogP contribution in [-0.2, 0) is 22.8 Å². The van der Waals surface area contributed by atoms with Crippen LogP contribution in [0.25, 0.3) is 0 Å². The molecule has 66 valence electrons. The Morgan fingerprint density at radius 1 is 1.25 bits per heavy atom. The molecule has 0 unspecified atom stereocenters. The molecule has 0 aliphatic heterocycles. The van der Waals surface area contributed by atoms with Gasteiger partial charge in [-0.25, -0.2) is 5.90 Å². The smallest absolute Gasteiger partial charge is 0.0930 e. The number of rotatable bonds is 4. The van der Waals surface area contributed by atoms with Crippen LogP contribution >= 0.6 is 0 Å². The van der Waals surface area contributed by atoms with Crippen molar-refractivity contribution in [2.45, 2.75) is 13.2 Å². The Balaban J connectivity index is 2.67. The highest BCUT2D eigenvalue weighted by Crippen LogP contribution is 2.06. The molecule has 3 nitrogen and oxygen atoms in total. The highest BCUT2D eigenvalue weighted by molar-refractivity contribution is 5.22.